The zero-order valence-corrected chi connectivity index (χ0v) is 12.1. The first kappa shape index (κ1) is 15.1. The highest BCUT2D eigenvalue weighted by atomic mass is 32.1. The Labute approximate surface area is 124 Å². The third kappa shape index (κ3) is 3.64. The molecule has 1 atom stereocenters. The lowest BCUT2D eigenvalue weighted by Gasteiger charge is -2.09. The Morgan fingerprint density at radius 2 is 2.29 bits per heavy atom. The lowest BCUT2D eigenvalue weighted by atomic mass is 10.3. The number of hydrogen-bond donors (Lipinski definition) is 3. The van der Waals surface area contributed by atoms with Crippen LogP contribution in [0.5, 0.6) is 0 Å². The van der Waals surface area contributed by atoms with Crippen molar-refractivity contribution in [2.24, 2.45) is 5.73 Å². The highest BCUT2D eigenvalue weighted by molar-refractivity contribution is 7.09. The van der Waals surface area contributed by atoms with Crippen molar-refractivity contribution in [1.82, 2.24) is 19.9 Å². The van der Waals surface area contributed by atoms with Gasteiger partial charge in [-0.1, -0.05) is 0 Å². The van der Waals surface area contributed by atoms with Gasteiger partial charge in [-0.15, -0.1) is 11.3 Å². The van der Waals surface area contributed by atoms with Crippen molar-refractivity contribution in [3.05, 3.63) is 34.3 Å². The lowest BCUT2D eigenvalue weighted by Crippen LogP contribution is -2.27. The van der Waals surface area contributed by atoms with Crippen molar-refractivity contribution in [3.63, 3.8) is 0 Å². The number of aromatic nitrogens is 3. The zero-order valence-electron chi connectivity index (χ0n) is 11.3. The van der Waals surface area contributed by atoms with Gasteiger partial charge in [0.05, 0.1) is 12.4 Å². The molecular formula is C12H15N5O3S. The van der Waals surface area contributed by atoms with Crippen LogP contribution in [0.3, 0.4) is 0 Å². The molecule has 112 valence electrons. The molecule has 0 aliphatic rings. The molecule has 9 heteroatoms. The number of aromatic carboxylic acids is 1. The van der Waals surface area contributed by atoms with Crippen LogP contribution in [0.4, 0.5) is 0 Å². The summed E-state index contributed by atoms with van der Waals surface area (Å²) >= 11 is 1.19. The molecule has 2 aromatic rings. The van der Waals surface area contributed by atoms with E-state index in [1.54, 1.807) is 24.0 Å². The Bertz CT molecular complexity index is 651. The Hall–Kier alpha value is -2.26. The van der Waals surface area contributed by atoms with Crippen molar-refractivity contribution >= 4 is 23.2 Å². The zero-order chi connectivity index (χ0) is 15.4. The summed E-state index contributed by atoms with van der Waals surface area (Å²) in [5.41, 5.74) is 5.68. The van der Waals surface area contributed by atoms with Crippen LogP contribution in [-0.2, 0) is 6.54 Å². The third-order valence-corrected chi connectivity index (χ3v) is 3.74. The molecule has 0 bridgehead atoms. The maximum atomic E-state index is 12.0. The minimum atomic E-state index is -1.09. The second-order valence-electron chi connectivity index (χ2n) is 4.36. The highest BCUT2D eigenvalue weighted by Gasteiger charge is 2.18. The first-order valence-electron chi connectivity index (χ1n) is 6.22. The van der Waals surface area contributed by atoms with E-state index >= 15 is 0 Å². The minimum absolute atomic E-state index is 0.0247. The maximum Gasteiger partial charge on any atom is 0.355 e. The van der Waals surface area contributed by atoms with Crippen LogP contribution < -0.4 is 11.1 Å². The summed E-state index contributed by atoms with van der Waals surface area (Å²) in [5, 5.41) is 13.5. The largest absolute Gasteiger partial charge is 0.476 e. The van der Waals surface area contributed by atoms with Crippen molar-refractivity contribution in [1.29, 1.82) is 0 Å². The molecule has 0 saturated heterocycles. The quantitative estimate of drug-likeness (QED) is 0.713. The van der Waals surface area contributed by atoms with Crippen LogP contribution in [0.1, 0.15) is 39.0 Å². The molecule has 0 radical (unpaired) electrons. The number of carboxylic acid groups (broad SMARTS) is 1. The van der Waals surface area contributed by atoms with Crippen molar-refractivity contribution in [2.45, 2.75) is 19.5 Å². The molecular weight excluding hydrogens is 294 g/mol. The maximum absolute atomic E-state index is 12.0. The van der Waals surface area contributed by atoms with Crippen molar-refractivity contribution in [3.8, 4) is 0 Å². The lowest BCUT2D eigenvalue weighted by molar-refractivity contribution is 0.0691. The number of amides is 1. The molecule has 8 nitrogen and oxygen atoms in total. The van der Waals surface area contributed by atoms with E-state index in [1.807, 2.05) is 0 Å². The van der Waals surface area contributed by atoms with E-state index in [9.17, 15) is 9.59 Å². The molecule has 2 aromatic heterocycles. The van der Waals surface area contributed by atoms with Gasteiger partial charge in [0.25, 0.3) is 5.91 Å². The van der Waals surface area contributed by atoms with E-state index in [0.717, 1.165) is 0 Å². The van der Waals surface area contributed by atoms with Gasteiger partial charge in [0.2, 0.25) is 0 Å². The summed E-state index contributed by atoms with van der Waals surface area (Å²) in [6.07, 6.45) is 3.15. The van der Waals surface area contributed by atoms with E-state index in [0.29, 0.717) is 18.1 Å². The van der Waals surface area contributed by atoms with Gasteiger partial charge in [0.15, 0.2) is 5.69 Å². The molecule has 0 fully saturated rings. The van der Waals surface area contributed by atoms with E-state index in [2.05, 4.69) is 15.3 Å². The predicted octanol–water partition coefficient (Wildman–Crippen LogP) is 0.488. The monoisotopic (exact) mass is 309 g/mol. The summed E-state index contributed by atoms with van der Waals surface area (Å²) in [7, 11) is 0. The molecule has 0 aliphatic carbocycles. The van der Waals surface area contributed by atoms with Crippen molar-refractivity contribution in [2.75, 3.05) is 6.54 Å². The second-order valence-corrected chi connectivity index (χ2v) is 5.25. The number of rotatable bonds is 6. The van der Waals surface area contributed by atoms with E-state index in [4.69, 9.17) is 10.8 Å². The minimum Gasteiger partial charge on any atom is -0.476 e. The summed E-state index contributed by atoms with van der Waals surface area (Å²) in [5.74, 6) is -1.43. The molecule has 0 spiro atoms. The summed E-state index contributed by atoms with van der Waals surface area (Å²) in [6.45, 7) is 2.79. The fourth-order valence-corrected chi connectivity index (χ4v) is 2.47. The molecule has 4 N–H and O–H groups in total. The molecule has 0 saturated carbocycles. The van der Waals surface area contributed by atoms with Crippen LogP contribution in [-0.4, -0.2) is 38.1 Å². The highest BCUT2D eigenvalue weighted by Crippen LogP contribution is 2.18. The number of thiazole rings is 1. The Balaban J connectivity index is 2.01. The fourth-order valence-electron chi connectivity index (χ4n) is 1.67. The molecule has 1 amide bonds. The molecule has 2 rings (SSSR count). The van der Waals surface area contributed by atoms with E-state index < -0.39 is 12.0 Å². The van der Waals surface area contributed by atoms with Crippen molar-refractivity contribution < 1.29 is 14.7 Å². The molecule has 0 aromatic carbocycles. The summed E-state index contributed by atoms with van der Waals surface area (Å²) in [4.78, 5) is 30.8. The average Bonchev–Trinajstić information content (AvgIpc) is 3.07. The van der Waals surface area contributed by atoms with Gasteiger partial charge in [0.1, 0.15) is 10.7 Å². The number of nitrogens with one attached hydrogen (secondary N) is 1. The third-order valence-electron chi connectivity index (χ3n) is 2.71. The van der Waals surface area contributed by atoms with Crippen LogP contribution in [0.25, 0.3) is 0 Å². The number of carbonyl (C=O) groups excluding carboxylic acids is 1. The summed E-state index contributed by atoms with van der Waals surface area (Å²) < 4.78 is 1.73. The van der Waals surface area contributed by atoms with Gasteiger partial charge in [-0.2, -0.15) is 0 Å². The predicted molar refractivity (Wildman–Crippen MR) is 76.2 cm³/mol. The van der Waals surface area contributed by atoms with Crippen LogP contribution in [0, 0.1) is 0 Å². The van der Waals surface area contributed by atoms with Gasteiger partial charge in [-0.05, 0) is 6.92 Å². The number of hydrogen-bond acceptors (Lipinski definition) is 6. The van der Waals surface area contributed by atoms with Gasteiger partial charge >= 0.3 is 5.97 Å². The Morgan fingerprint density at radius 3 is 2.90 bits per heavy atom. The van der Waals surface area contributed by atoms with Crippen LogP contribution in [0.2, 0.25) is 0 Å². The fraction of sp³-hybridized carbons (Fsp3) is 0.333. The normalized spacial score (nSPS) is 12.1. The molecule has 0 aliphatic heterocycles. The molecule has 1 unspecified atom stereocenters. The smallest absolute Gasteiger partial charge is 0.355 e. The average molecular weight is 309 g/mol. The first-order valence-corrected chi connectivity index (χ1v) is 7.10. The molecule has 2 heterocycles. The summed E-state index contributed by atoms with van der Waals surface area (Å²) in [6, 6.07) is -0.393. The SMILES string of the molecule is CC(NC(=O)c1cn(CCN)cn1)c1nc(C(=O)O)cs1. The van der Waals surface area contributed by atoms with Gasteiger partial charge in [-0.25, -0.2) is 14.8 Å². The van der Waals surface area contributed by atoms with Gasteiger partial charge in [-0.3, -0.25) is 4.79 Å². The standard InChI is InChI=1S/C12H15N5O3S/c1-7(11-16-9(5-21-11)12(19)20)15-10(18)8-4-17(3-2-13)6-14-8/h4-7H,2-3,13H2,1H3,(H,15,18)(H,19,20). The number of imidazole rings is 1. The number of carboxylic acids is 1. The second kappa shape index (κ2) is 6.46. The number of nitrogens with two attached hydrogens (primary N) is 1. The topological polar surface area (TPSA) is 123 Å². The van der Waals surface area contributed by atoms with E-state index in [-0.39, 0.29) is 17.3 Å². The Morgan fingerprint density at radius 1 is 1.52 bits per heavy atom. The van der Waals surface area contributed by atoms with Crippen LogP contribution in [0.15, 0.2) is 17.9 Å². The first-order chi connectivity index (χ1) is 10.0. The number of carbonyl (C=O) groups is 2. The Kier molecular flexibility index (Phi) is 4.66. The van der Waals surface area contributed by atoms with Gasteiger partial charge < -0.3 is 20.7 Å². The molecule has 21 heavy (non-hydrogen) atoms. The van der Waals surface area contributed by atoms with E-state index in [1.165, 1.54) is 16.7 Å². The number of nitrogens with zero attached hydrogens (tertiary/aromatic N) is 3. The van der Waals surface area contributed by atoms with Crippen LogP contribution >= 0.6 is 11.3 Å². The van der Waals surface area contributed by atoms with Gasteiger partial charge in [0, 0.05) is 24.7 Å².